The van der Waals surface area contributed by atoms with Crippen molar-refractivity contribution >= 4 is 22.9 Å². The van der Waals surface area contributed by atoms with Gasteiger partial charge in [-0.3, -0.25) is 9.30 Å². The van der Waals surface area contributed by atoms with Crippen LogP contribution in [0.15, 0.2) is 53.5 Å². The summed E-state index contributed by atoms with van der Waals surface area (Å²) < 4.78 is 2.02. The van der Waals surface area contributed by atoms with Crippen molar-refractivity contribution in [2.45, 2.75) is 12.3 Å². The number of piperazine rings is 1. The van der Waals surface area contributed by atoms with Gasteiger partial charge in [0, 0.05) is 56.1 Å². The Hall–Kier alpha value is -2.39. The molecular weight excluding hydrogens is 382 g/mol. The van der Waals surface area contributed by atoms with Crippen molar-refractivity contribution in [2.75, 3.05) is 37.6 Å². The number of nitrogens with zero attached hydrogens (tertiary/aromatic N) is 5. The average Bonchev–Trinajstić information content (AvgIpc) is 3.05. The number of rotatable bonds is 5. The van der Waals surface area contributed by atoms with Crippen LogP contribution in [0.4, 0.5) is 5.69 Å². The Morgan fingerprint density at radius 1 is 1.07 bits per heavy atom. The van der Waals surface area contributed by atoms with Crippen LogP contribution in [0.25, 0.3) is 5.65 Å². The van der Waals surface area contributed by atoms with E-state index in [-0.39, 0.29) is 6.42 Å². The Labute approximate surface area is 166 Å². The normalized spacial score (nSPS) is 16.0. The quantitative estimate of drug-likeness (QED) is 0.617. The number of fused-ring (bicyclic) bond motifs is 1. The zero-order chi connectivity index (χ0) is 19.7. The van der Waals surface area contributed by atoms with Gasteiger partial charge in [0.05, 0.1) is 0 Å². The lowest BCUT2D eigenvalue weighted by molar-refractivity contribution is -0.244. The fraction of sp³-hybridized carbons (Fsp3) is 0.368. The number of aliphatic hydroxyl groups is 2. The van der Waals surface area contributed by atoms with E-state index in [1.165, 1.54) is 4.40 Å². The lowest BCUT2D eigenvalue weighted by atomic mass is 10.2. The van der Waals surface area contributed by atoms with E-state index in [4.69, 9.17) is 11.6 Å². The van der Waals surface area contributed by atoms with Crippen molar-refractivity contribution in [3.8, 4) is 0 Å². The highest BCUT2D eigenvalue weighted by atomic mass is 35.5. The van der Waals surface area contributed by atoms with Crippen molar-refractivity contribution in [1.82, 2.24) is 19.1 Å². The zero-order valence-corrected chi connectivity index (χ0v) is 16.0. The van der Waals surface area contributed by atoms with E-state index in [1.54, 1.807) is 24.4 Å². The van der Waals surface area contributed by atoms with Gasteiger partial charge in [-0.1, -0.05) is 23.7 Å². The van der Waals surface area contributed by atoms with E-state index in [0.717, 1.165) is 36.5 Å². The van der Waals surface area contributed by atoms with Crippen LogP contribution < -0.4 is 10.6 Å². The van der Waals surface area contributed by atoms with Crippen LogP contribution in [0, 0.1) is 0 Å². The largest absolute Gasteiger partial charge is 0.369 e. The molecule has 1 saturated heterocycles. The van der Waals surface area contributed by atoms with Crippen molar-refractivity contribution in [3.63, 3.8) is 0 Å². The third-order valence-corrected chi connectivity index (χ3v) is 5.31. The average molecular weight is 404 g/mol. The van der Waals surface area contributed by atoms with E-state index >= 15 is 0 Å². The molecule has 0 bridgehead atoms. The summed E-state index contributed by atoms with van der Waals surface area (Å²) in [5.41, 5.74) is 0.878. The topological polar surface area (TPSA) is 86.2 Å². The van der Waals surface area contributed by atoms with Gasteiger partial charge in [0.15, 0.2) is 5.65 Å². The molecule has 8 nitrogen and oxygen atoms in total. The fourth-order valence-corrected chi connectivity index (χ4v) is 3.66. The lowest BCUT2D eigenvalue weighted by Gasteiger charge is -2.37. The molecule has 0 atom stereocenters. The van der Waals surface area contributed by atoms with Gasteiger partial charge >= 0.3 is 5.69 Å². The molecule has 0 radical (unpaired) electrons. The molecule has 0 spiro atoms. The summed E-state index contributed by atoms with van der Waals surface area (Å²) in [6.45, 7) is 3.64. The van der Waals surface area contributed by atoms with Gasteiger partial charge in [0.25, 0.3) is 5.91 Å². The number of benzene rings is 1. The minimum absolute atomic E-state index is 0.0199. The maximum absolute atomic E-state index is 12.4. The Kier molecular flexibility index (Phi) is 5.11. The highest BCUT2D eigenvalue weighted by molar-refractivity contribution is 6.30. The molecule has 4 rings (SSSR count). The Bertz CT molecular complexity index is 1020. The van der Waals surface area contributed by atoms with E-state index in [9.17, 15) is 15.0 Å². The van der Waals surface area contributed by atoms with Crippen LogP contribution in [0.5, 0.6) is 0 Å². The molecule has 2 aromatic heterocycles. The Morgan fingerprint density at radius 2 is 1.86 bits per heavy atom. The lowest BCUT2D eigenvalue weighted by Crippen LogP contribution is -2.49. The number of hydrogen-bond donors (Lipinski definition) is 2. The highest BCUT2D eigenvalue weighted by Gasteiger charge is 2.31. The van der Waals surface area contributed by atoms with Crippen LogP contribution in [0.1, 0.15) is 6.42 Å². The molecular formula is C19H22ClN5O3. The summed E-state index contributed by atoms with van der Waals surface area (Å²) in [5.74, 6) is -2.34. The van der Waals surface area contributed by atoms with Crippen LogP contribution in [-0.4, -0.2) is 62.0 Å². The maximum Gasteiger partial charge on any atom is 0.355 e. The summed E-state index contributed by atoms with van der Waals surface area (Å²) in [4.78, 5) is 16.8. The molecule has 0 unspecified atom stereocenters. The molecule has 9 heteroatoms. The number of aromatic nitrogens is 3. The van der Waals surface area contributed by atoms with Crippen LogP contribution in [0.3, 0.4) is 0 Å². The predicted octanol–water partition coefficient (Wildman–Crippen LogP) is 0.957. The molecule has 2 N–H and O–H groups in total. The van der Waals surface area contributed by atoms with Gasteiger partial charge in [0.1, 0.15) is 0 Å². The second-order valence-electron chi connectivity index (χ2n) is 6.96. The Morgan fingerprint density at radius 3 is 2.57 bits per heavy atom. The third kappa shape index (κ3) is 3.77. The van der Waals surface area contributed by atoms with Gasteiger partial charge in [-0.25, -0.2) is 4.79 Å². The number of halogens is 1. The molecule has 28 heavy (non-hydrogen) atoms. The van der Waals surface area contributed by atoms with Gasteiger partial charge in [-0.05, 0) is 30.3 Å². The standard InChI is InChI=1S/C19H22ClN5O3/c20-15-4-3-5-16(14-15)23-12-10-22(11-13-23)9-7-19(27,28)25-18(26)24-8-2-1-6-17(24)21-25/h1-6,8,14,27-28H,7,9-13H2. The first kappa shape index (κ1) is 18.9. The molecule has 148 valence electrons. The predicted molar refractivity (Wildman–Crippen MR) is 107 cm³/mol. The van der Waals surface area contributed by atoms with Gasteiger partial charge in [-0.15, -0.1) is 5.10 Å². The molecule has 1 fully saturated rings. The molecule has 0 saturated carbocycles. The maximum atomic E-state index is 12.4. The molecule has 3 heterocycles. The third-order valence-electron chi connectivity index (χ3n) is 5.08. The van der Waals surface area contributed by atoms with Crippen molar-refractivity contribution < 1.29 is 10.2 Å². The molecule has 0 aliphatic carbocycles. The van der Waals surface area contributed by atoms with E-state index in [2.05, 4.69) is 14.9 Å². The minimum Gasteiger partial charge on any atom is -0.369 e. The first-order valence-electron chi connectivity index (χ1n) is 9.18. The second-order valence-corrected chi connectivity index (χ2v) is 7.39. The summed E-state index contributed by atoms with van der Waals surface area (Å²) in [7, 11) is 0. The monoisotopic (exact) mass is 403 g/mol. The van der Waals surface area contributed by atoms with Crippen molar-refractivity contribution in [1.29, 1.82) is 0 Å². The van der Waals surface area contributed by atoms with Gasteiger partial charge < -0.3 is 15.1 Å². The molecule has 1 aliphatic heterocycles. The summed E-state index contributed by atoms with van der Waals surface area (Å²) in [6.07, 6.45) is 1.53. The molecule has 0 amide bonds. The Balaban J connectivity index is 1.38. The number of anilines is 1. The fourth-order valence-electron chi connectivity index (χ4n) is 3.47. The van der Waals surface area contributed by atoms with Crippen molar-refractivity contribution in [2.24, 2.45) is 0 Å². The SMILES string of the molecule is O=c1n(C(O)(O)CCN2CCN(c3cccc(Cl)c3)CC2)nc2ccccn12. The smallest absolute Gasteiger partial charge is 0.355 e. The molecule has 1 aromatic carbocycles. The van der Waals surface area contributed by atoms with E-state index in [0.29, 0.717) is 17.2 Å². The first-order valence-corrected chi connectivity index (χ1v) is 9.56. The highest BCUT2D eigenvalue weighted by Crippen LogP contribution is 2.21. The number of hydrogen-bond acceptors (Lipinski definition) is 6. The van der Waals surface area contributed by atoms with Crippen LogP contribution in [-0.2, 0) is 5.91 Å². The van der Waals surface area contributed by atoms with Gasteiger partial charge in [-0.2, -0.15) is 4.68 Å². The van der Waals surface area contributed by atoms with Crippen molar-refractivity contribution in [3.05, 3.63) is 64.2 Å². The van der Waals surface area contributed by atoms with Crippen LogP contribution in [0.2, 0.25) is 5.02 Å². The van der Waals surface area contributed by atoms with Gasteiger partial charge in [0.2, 0.25) is 0 Å². The molecule has 1 aliphatic rings. The van der Waals surface area contributed by atoms with E-state index in [1.807, 2.05) is 24.3 Å². The minimum atomic E-state index is -2.34. The first-order chi connectivity index (χ1) is 13.4. The number of pyridine rings is 1. The summed E-state index contributed by atoms with van der Waals surface area (Å²) in [6, 6.07) is 12.8. The summed E-state index contributed by atoms with van der Waals surface area (Å²) >= 11 is 6.06. The summed E-state index contributed by atoms with van der Waals surface area (Å²) in [5, 5.41) is 25.6. The second kappa shape index (κ2) is 7.56. The molecule has 3 aromatic rings. The zero-order valence-electron chi connectivity index (χ0n) is 15.3. The van der Waals surface area contributed by atoms with E-state index < -0.39 is 11.6 Å². The van der Waals surface area contributed by atoms with Crippen LogP contribution >= 0.6 is 11.6 Å².